The monoisotopic (exact) mass is 489 g/mol. The van der Waals surface area contributed by atoms with E-state index >= 15 is 0 Å². The molecular formula is C25H29ClFN3O2S. The summed E-state index contributed by atoms with van der Waals surface area (Å²) in [6, 6.07) is 13.0. The molecule has 8 heteroatoms. The molecule has 2 atom stereocenters. The fourth-order valence-electron chi connectivity index (χ4n) is 4.41. The lowest BCUT2D eigenvalue weighted by molar-refractivity contribution is 0.200. The van der Waals surface area contributed by atoms with Gasteiger partial charge in [0.05, 0.1) is 4.90 Å². The Morgan fingerprint density at radius 2 is 1.97 bits per heavy atom. The van der Waals surface area contributed by atoms with Gasteiger partial charge in [-0.1, -0.05) is 35.9 Å². The van der Waals surface area contributed by atoms with E-state index in [1.54, 1.807) is 18.2 Å². The van der Waals surface area contributed by atoms with Crippen molar-refractivity contribution in [1.82, 2.24) is 9.62 Å². The maximum atomic E-state index is 13.2. The first-order valence-electron chi connectivity index (χ1n) is 11.0. The Morgan fingerprint density at radius 1 is 1.21 bits per heavy atom. The Labute approximate surface area is 200 Å². The van der Waals surface area contributed by atoms with Crippen molar-refractivity contribution >= 4 is 21.6 Å². The van der Waals surface area contributed by atoms with Gasteiger partial charge in [-0.25, -0.2) is 12.8 Å². The summed E-state index contributed by atoms with van der Waals surface area (Å²) < 4.78 is 41.4. The van der Waals surface area contributed by atoms with Gasteiger partial charge in [0.1, 0.15) is 6.17 Å². The molecule has 4 rings (SSSR count). The van der Waals surface area contributed by atoms with Gasteiger partial charge in [0.25, 0.3) is 10.0 Å². The number of benzene rings is 2. The molecule has 33 heavy (non-hydrogen) atoms. The molecule has 0 saturated heterocycles. The molecule has 0 aromatic heterocycles. The highest BCUT2D eigenvalue weighted by Crippen LogP contribution is 2.25. The molecule has 176 valence electrons. The molecule has 5 nitrogen and oxygen atoms in total. The summed E-state index contributed by atoms with van der Waals surface area (Å²) in [7, 11) is -3.73. The molecule has 1 aliphatic carbocycles. The number of nitrogens with one attached hydrogen (secondary N) is 1. The normalized spacial score (nSPS) is 20.6. The van der Waals surface area contributed by atoms with Crippen LogP contribution in [0.1, 0.15) is 30.0 Å². The summed E-state index contributed by atoms with van der Waals surface area (Å²) >= 11 is 5.98. The van der Waals surface area contributed by atoms with Gasteiger partial charge in [0.15, 0.2) is 0 Å². The minimum absolute atomic E-state index is 0.173. The zero-order valence-corrected chi connectivity index (χ0v) is 20.2. The molecule has 0 bridgehead atoms. The van der Waals surface area contributed by atoms with E-state index in [0.29, 0.717) is 10.7 Å². The fraction of sp³-hybridized carbons (Fsp3) is 0.360. The third-order valence-electron chi connectivity index (χ3n) is 5.99. The second kappa shape index (κ2) is 9.58. The van der Waals surface area contributed by atoms with Crippen molar-refractivity contribution in [3.8, 4) is 0 Å². The maximum Gasteiger partial charge on any atom is 0.261 e. The predicted molar refractivity (Wildman–Crippen MR) is 130 cm³/mol. The van der Waals surface area contributed by atoms with Crippen molar-refractivity contribution < 1.29 is 12.8 Å². The molecule has 0 saturated carbocycles. The van der Waals surface area contributed by atoms with E-state index in [2.05, 4.69) is 16.5 Å². The fourth-order valence-corrected chi connectivity index (χ4v) is 5.66. The Kier molecular flexibility index (Phi) is 6.96. The Hall–Kier alpha value is -2.19. The van der Waals surface area contributed by atoms with Crippen LogP contribution in [-0.2, 0) is 29.4 Å². The van der Waals surface area contributed by atoms with Crippen LogP contribution < -0.4 is 10.5 Å². The molecule has 0 fully saturated rings. The number of fused-ring (bicyclic) bond motifs is 1. The first-order valence-corrected chi connectivity index (χ1v) is 12.9. The number of hydrogen-bond acceptors (Lipinski definition) is 4. The second-order valence-corrected chi connectivity index (χ2v) is 11.3. The topological polar surface area (TPSA) is 75.4 Å². The van der Waals surface area contributed by atoms with Crippen LogP contribution in [0.15, 0.2) is 71.3 Å². The Morgan fingerprint density at radius 3 is 2.67 bits per heavy atom. The molecule has 1 aliphatic heterocycles. The molecule has 2 aliphatic rings. The second-order valence-electron chi connectivity index (χ2n) is 9.22. The van der Waals surface area contributed by atoms with E-state index in [0.717, 1.165) is 49.2 Å². The minimum Gasteiger partial charge on any atom is -0.324 e. The van der Waals surface area contributed by atoms with Crippen LogP contribution in [0.25, 0.3) is 0 Å². The molecule has 0 radical (unpaired) electrons. The van der Waals surface area contributed by atoms with Crippen molar-refractivity contribution in [2.45, 2.75) is 49.3 Å². The summed E-state index contributed by atoms with van der Waals surface area (Å²) in [5.41, 5.74) is 9.90. The number of alkyl halides is 1. The number of nitrogens with two attached hydrogens (primary N) is 1. The zero-order valence-electron chi connectivity index (χ0n) is 18.6. The average Bonchev–Trinajstić information content (AvgIpc) is 2.76. The van der Waals surface area contributed by atoms with Crippen LogP contribution in [0.4, 0.5) is 4.39 Å². The van der Waals surface area contributed by atoms with Crippen LogP contribution in [0.3, 0.4) is 0 Å². The van der Waals surface area contributed by atoms with E-state index in [1.165, 1.54) is 12.2 Å². The van der Waals surface area contributed by atoms with Gasteiger partial charge in [-0.15, -0.1) is 0 Å². The molecule has 0 spiro atoms. The van der Waals surface area contributed by atoms with Gasteiger partial charge >= 0.3 is 0 Å². The highest BCUT2D eigenvalue weighted by molar-refractivity contribution is 7.89. The smallest absolute Gasteiger partial charge is 0.261 e. The molecule has 3 N–H and O–H groups in total. The maximum absolute atomic E-state index is 13.2. The number of halogens is 2. The van der Waals surface area contributed by atoms with Crippen LogP contribution in [-0.4, -0.2) is 38.1 Å². The number of sulfonamides is 1. The van der Waals surface area contributed by atoms with E-state index < -0.39 is 21.7 Å². The summed E-state index contributed by atoms with van der Waals surface area (Å²) in [6.07, 6.45) is 4.99. The summed E-state index contributed by atoms with van der Waals surface area (Å²) in [6.45, 7) is 4.32. The number of nitrogens with zero attached hydrogens (tertiary/aromatic N) is 1. The molecule has 1 unspecified atom stereocenters. The van der Waals surface area contributed by atoms with E-state index in [-0.39, 0.29) is 11.3 Å². The quantitative estimate of drug-likeness (QED) is 0.613. The summed E-state index contributed by atoms with van der Waals surface area (Å²) in [4.78, 5) is 2.54. The van der Waals surface area contributed by atoms with Gasteiger partial charge in [-0.3, -0.25) is 9.62 Å². The van der Waals surface area contributed by atoms with Crippen molar-refractivity contribution in [2.24, 2.45) is 5.73 Å². The minimum atomic E-state index is -3.73. The number of allylic oxidation sites excluding steroid dienone is 3. The van der Waals surface area contributed by atoms with Gasteiger partial charge in [-0.2, -0.15) is 0 Å². The van der Waals surface area contributed by atoms with Crippen molar-refractivity contribution in [3.05, 3.63) is 88.1 Å². The molecule has 2 aromatic rings. The SMILES string of the molecule is C[C@](N)(Cc1ccc(Cl)cc1)CN1CCc2cc(S(=O)(=O)NC3=CCC(F)C=C3)ccc2C1. The van der Waals surface area contributed by atoms with Crippen LogP contribution >= 0.6 is 11.6 Å². The number of rotatable bonds is 7. The Balaban J connectivity index is 1.40. The molecule has 2 aromatic carbocycles. The third kappa shape index (κ3) is 6.23. The zero-order chi connectivity index (χ0) is 23.6. The average molecular weight is 490 g/mol. The lowest BCUT2D eigenvalue weighted by Crippen LogP contribution is -2.50. The van der Waals surface area contributed by atoms with Gasteiger partial charge in [-0.05, 0) is 72.9 Å². The van der Waals surface area contributed by atoms with Gasteiger partial charge < -0.3 is 5.73 Å². The first-order chi connectivity index (χ1) is 15.6. The van der Waals surface area contributed by atoms with Crippen LogP contribution in [0.2, 0.25) is 5.02 Å². The van der Waals surface area contributed by atoms with E-state index in [1.807, 2.05) is 30.3 Å². The predicted octanol–water partition coefficient (Wildman–Crippen LogP) is 4.12. The van der Waals surface area contributed by atoms with Crippen molar-refractivity contribution in [2.75, 3.05) is 13.1 Å². The molecule has 0 amide bonds. The molecule has 1 heterocycles. The first kappa shape index (κ1) is 24.0. The van der Waals surface area contributed by atoms with Crippen LogP contribution in [0.5, 0.6) is 0 Å². The van der Waals surface area contributed by atoms with Crippen molar-refractivity contribution in [1.29, 1.82) is 0 Å². The van der Waals surface area contributed by atoms with Gasteiger partial charge in [0, 0.05) is 42.3 Å². The van der Waals surface area contributed by atoms with E-state index in [9.17, 15) is 12.8 Å². The lowest BCUT2D eigenvalue weighted by atomic mass is 9.91. The highest BCUT2D eigenvalue weighted by atomic mass is 35.5. The van der Waals surface area contributed by atoms with E-state index in [4.69, 9.17) is 17.3 Å². The standard InChI is InChI=1S/C25H29ClFN3O2S/c1-25(28,15-18-2-5-21(26)6-3-18)17-30-13-12-19-14-24(11-4-20(19)16-30)33(31,32)29-23-9-7-22(27)8-10-23/h2-7,9-11,14,22,29H,8,12-13,15-17,28H2,1H3/t22?,25-/m0/s1. The lowest BCUT2D eigenvalue weighted by Gasteiger charge is -2.36. The summed E-state index contributed by atoms with van der Waals surface area (Å²) in [5, 5.41) is 0.710. The Bertz CT molecular complexity index is 1180. The van der Waals surface area contributed by atoms with Crippen molar-refractivity contribution in [3.63, 3.8) is 0 Å². The van der Waals surface area contributed by atoms with Gasteiger partial charge in [0.2, 0.25) is 0 Å². The largest absolute Gasteiger partial charge is 0.324 e. The molecular weight excluding hydrogens is 461 g/mol. The van der Waals surface area contributed by atoms with Crippen LogP contribution in [0, 0.1) is 0 Å². The summed E-state index contributed by atoms with van der Waals surface area (Å²) in [5.74, 6) is 0. The number of hydrogen-bond donors (Lipinski definition) is 2. The highest BCUT2D eigenvalue weighted by Gasteiger charge is 2.27. The third-order valence-corrected chi connectivity index (χ3v) is 7.62.